The Balaban J connectivity index is 1.47. The van der Waals surface area contributed by atoms with Gasteiger partial charge < -0.3 is 9.47 Å². The van der Waals surface area contributed by atoms with E-state index in [0.29, 0.717) is 32.0 Å². The number of carbonyl (C=O) groups is 2. The molecule has 4 aromatic rings. The third-order valence-corrected chi connectivity index (χ3v) is 6.62. The number of carbonyl (C=O) groups excluding carboxylic acids is 2. The Morgan fingerprint density at radius 2 is 1.79 bits per heavy atom. The van der Waals surface area contributed by atoms with E-state index in [4.69, 9.17) is 9.47 Å². The van der Waals surface area contributed by atoms with E-state index in [-0.39, 0.29) is 31.1 Å². The van der Waals surface area contributed by atoms with Gasteiger partial charge in [0.1, 0.15) is 28.7 Å². The topological polar surface area (TPSA) is 87.5 Å². The molecule has 0 fully saturated rings. The quantitative estimate of drug-likeness (QED) is 0.188. The maximum atomic E-state index is 13.0. The highest BCUT2D eigenvalue weighted by Crippen LogP contribution is 2.27. The summed E-state index contributed by atoms with van der Waals surface area (Å²) in [5.74, 6) is -0.0604. The third kappa shape index (κ3) is 5.20. The van der Waals surface area contributed by atoms with Gasteiger partial charge in [0.15, 0.2) is 5.78 Å². The zero-order chi connectivity index (χ0) is 23.4. The molecule has 0 spiro atoms. The van der Waals surface area contributed by atoms with Gasteiger partial charge >= 0.3 is 5.97 Å². The summed E-state index contributed by atoms with van der Waals surface area (Å²) >= 11 is 4.43. The van der Waals surface area contributed by atoms with E-state index in [1.54, 1.807) is 31.2 Å². The number of hydrogen-bond acceptors (Lipinski definition) is 7. The lowest BCUT2D eigenvalue weighted by atomic mass is 10.1. The Hall–Kier alpha value is -3.30. The van der Waals surface area contributed by atoms with Crippen LogP contribution in [0.2, 0.25) is 0 Å². The van der Waals surface area contributed by atoms with Gasteiger partial charge in [-0.3, -0.25) is 14.2 Å². The second-order valence-electron chi connectivity index (χ2n) is 7.14. The van der Waals surface area contributed by atoms with Crippen LogP contribution in [0.15, 0.2) is 70.2 Å². The minimum atomic E-state index is -0.538. The SMILES string of the molecule is Cc1c(C(=O)OCCOc2ccccc2)sc2ncn(CC(=O)c3ccc(Br)cc3)c(=O)c12. The van der Waals surface area contributed by atoms with Crippen LogP contribution in [0.25, 0.3) is 10.2 Å². The van der Waals surface area contributed by atoms with Crippen LogP contribution in [0.4, 0.5) is 0 Å². The average Bonchev–Trinajstić information content (AvgIpc) is 3.16. The number of thiophene rings is 1. The van der Waals surface area contributed by atoms with E-state index in [1.165, 1.54) is 10.9 Å². The molecule has 0 amide bonds. The molecule has 0 bridgehead atoms. The number of nitrogens with zero attached hydrogens (tertiary/aromatic N) is 2. The maximum absolute atomic E-state index is 13.0. The lowest BCUT2D eigenvalue weighted by Crippen LogP contribution is -2.24. The van der Waals surface area contributed by atoms with Gasteiger partial charge in [-0.25, -0.2) is 9.78 Å². The summed E-state index contributed by atoms with van der Waals surface area (Å²) in [4.78, 5) is 43.2. The number of hydrogen-bond donors (Lipinski definition) is 0. The number of Topliss-reactive ketones (excluding diaryl/α,β-unsaturated/α-hetero) is 1. The normalized spacial score (nSPS) is 10.8. The zero-order valence-corrected chi connectivity index (χ0v) is 20.0. The number of aromatic nitrogens is 2. The van der Waals surface area contributed by atoms with Crippen LogP contribution in [0.1, 0.15) is 25.6 Å². The highest BCUT2D eigenvalue weighted by atomic mass is 79.9. The highest BCUT2D eigenvalue weighted by molar-refractivity contribution is 9.10. The van der Waals surface area contributed by atoms with Gasteiger partial charge in [0.05, 0.1) is 18.3 Å². The Kier molecular flexibility index (Phi) is 7.00. The van der Waals surface area contributed by atoms with Gasteiger partial charge in [0.25, 0.3) is 5.56 Å². The van der Waals surface area contributed by atoms with Crippen LogP contribution in [0.5, 0.6) is 5.75 Å². The Morgan fingerprint density at radius 3 is 2.52 bits per heavy atom. The number of benzene rings is 2. The molecule has 0 radical (unpaired) electrons. The van der Waals surface area contributed by atoms with E-state index in [0.717, 1.165) is 15.8 Å². The van der Waals surface area contributed by atoms with Gasteiger partial charge in [-0.15, -0.1) is 11.3 Å². The van der Waals surface area contributed by atoms with Gasteiger partial charge in [0, 0.05) is 10.0 Å². The predicted molar refractivity (Wildman–Crippen MR) is 129 cm³/mol. The summed E-state index contributed by atoms with van der Waals surface area (Å²) < 4.78 is 13.0. The van der Waals surface area contributed by atoms with E-state index in [1.807, 2.05) is 30.3 Å². The zero-order valence-electron chi connectivity index (χ0n) is 17.6. The molecule has 0 saturated carbocycles. The first kappa shape index (κ1) is 22.9. The second kappa shape index (κ2) is 10.1. The molecule has 2 aromatic heterocycles. The van der Waals surface area contributed by atoms with Gasteiger partial charge in [-0.05, 0) is 36.8 Å². The van der Waals surface area contributed by atoms with Crippen molar-refractivity contribution < 1.29 is 19.1 Å². The van der Waals surface area contributed by atoms with E-state index in [2.05, 4.69) is 20.9 Å². The van der Waals surface area contributed by atoms with Gasteiger partial charge in [0.2, 0.25) is 0 Å². The third-order valence-electron chi connectivity index (χ3n) is 4.91. The van der Waals surface area contributed by atoms with Crippen LogP contribution in [0.3, 0.4) is 0 Å². The van der Waals surface area contributed by atoms with E-state index >= 15 is 0 Å². The van der Waals surface area contributed by atoms with Gasteiger partial charge in [-0.2, -0.15) is 0 Å². The molecule has 0 unspecified atom stereocenters. The number of fused-ring (bicyclic) bond motifs is 1. The van der Waals surface area contributed by atoms with Crippen molar-refractivity contribution in [3.8, 4) is 5.75 Å². The summed E-state index contributed by atoms with van der Waals surface area (Å²) in [6.45, 7) is 1.82. The summed E-state index contributed by atoms with van der Waals surface area (Å²) in [6, 6.07) is 16.1. The van der Waals surface area contributed by atoms with Crippen LogP contribution in [-0.2, 0) is 11.3 Å². The fourth-order valence-electron chi connectivity index (χ4n) is 3.22. The molecule has 0 N–H and O–H groups in total. The summed E-state index contributed by atoms with van der Waals surface area (Å²) in [5.41, 5.74) is 0.617. The number of rotatable bonds is 8. The van der Waals surface area contributed by atoms with Crippen molar-refractivity contribution in [3.63, 3.8) is 0 Å². The van der Waals surface area contributed by atoms with Crippen LogP contribution >= 0.6 is 27.3 Å². The first-order valence-corrected chi connectivity index (χ1v) is 11.7. The van der Waals surface area contributed by atoms with Crippen LogP contribution < -0.4 is 10.3 Å². The summed E-state index contributed by atoms with van der Waals surface area (Å²) in [5, 5.41) is 0.318. The molecule has 0 aliphatic carbocycles. The highest BCUT2D eigenvalue weighted by Gasteiger charge is 2.21. The Labute approximate surface area is 201 Å². The van der Waals surface area contributed by atoms with Crippen molar-refractivity contribution in [1.82, 2.24) is 9.55 Å². The lowest BCUT2D eigenvalue weighted by Gasteiger charge is -2.07. The minimum Gasteiger partial charge on any atom is -0.490 e. The molecule has 4 rings (SSSR count). The molecule has 2 aromatic carbocycles. The van der Waals surface area contributed by atoms with Crippen LogP contribution in [-0.4, -0.2) is 34.5 Å². The van der Waals surface area contributed by atoms with Crippen molar-refractivity contribution in [2.24, 2.45) is 0 Å². The van der Waals surface area contributed by atoms with Gasteiger partial charge in [-0.1, -0.05) is 46.3 Å². The van der Waals surface area contributed by atoms with Crippen molar-refractivity contribution in [2.45, 2.75) is 13.5 Å². The number of ketones is 1. The summed E-state index contributed by atoms with van der Waals surface area (Å²) in [6.07, 6.45) is 1.33. The molecule has 168 valence electrons. The van der Waals surface area contributed by atoms with Crippen molar-refractivity contribution in [3.05, 3.63) is 91.8 Å². The molecule has 2 heterocycles. The number of halogens is 1. The van der Waals surface area contributed by atoms with Crippen molar-refractivity contribution in [1.29, 1.82) is 0 Å². The van der Waals surface area contributed by atoms with Crippen molar-refractivity contribution in [2.75, 3.05) is 13.2 Å². The molecule has 9 heteroatoms. The molecule has 0 atom stereocenters. The first-order valence-electron chi connectivity index (χ1n) is 10.1. The predicted octanol–water partition coefficient (Wildman–Crippen LogP) is 4.65. The van der Waals surface area contributed by atoms with Crippen LogP contribution in [0, 0.1) is 6.92 Å². The molecular formula is C24H19BrN2O5S. The molecule has 0 saturated heterocycles. The molecule has 0 aliphatic rings. The molecule has 0 aliphatic heterocycles. The lowest BCUT2D eigenvalue weighted by molar-refractivity contribution is 0.0455. The standard InChI is InChI=1S/C24H19BrN2O5S/c1-15-20-22(33-21(15)24(30)32-12-11-31-18-5-3-2-4-6-18)26-14-27(23(20)29)13-19(28)16-7-9-17(25)10-8-16/h2-10,14H,11-13H2,1H3. The number of esters is 1. The van der Waals surface area contributed by atoms with Crippen molar-refractivity contribution >= 4 is 49.2 Å². The average molecular weight is 527 g/mol. The van der Waals surface area contributed by atoms with E-state index < -0.39 is 5.97 Å². The Morgan fingerprint density at radius 1 is 1.06 bits per heavy atom. The smallest absolute Gasteiger partial charge is 0.348 e. The first-order chi connectivity index (χ1) is 15.9. The fraction of sp³-hybridized carbons (Fsp3) is 0.167. The molecule has 7 nitrogen and oxygen atoms in total. The largest absolute Gasteiger partial charge is 0.490 e. The number of aryl methyl sites for hydroxylation is 1. The number of ether oxygens (including phenoxy) is 2. The molecular weight excluding hydrogens is 508 g/mol. The Bertz CT molecular complexity index is 1360. The monoisotopic (exact) mass is 526 g/mol. The maximum Gasteiger partial charge on any atom is 0.348 e. The summed E-state index contributed by atoms with van der Waals surface area (Å²) in [7, 11) is 0. The minimum absolute atomic E-state index is 0.0702. The number of para-hydroxylation sites is 1. The fourth-order valence-corrected chi connectivity index (χ4v) is 4.52. The van der Waals surface area contributed by atoms with E-state index in [9.17, 15) is 14.4 Å². The molecule has 33 heavy (non-hydrogen) atoms. The second-order valence-corrected chi connectivity index (χ2v) is 9.06.